The Kier molecular flexibility index (Phi) is 22.5. The average Bonchev–Trinajstić information content (AvgIpc) is 2.70. The lowest BCUT2D eigenvalue weighted by Gasteiger charge is -2.25. The standard InChI is InChI=1S/C27H56O2/c1-5-7-9-11-13-15-17-19-21-23-25-28-27(3,4)29-26-24-22-20-18-16-14-12-10-8-6-2/h5-26H2,1-4H3. The Morgan fingerprint density at radius 2 is 0.621 bits per heavy atom. The van der Waals surface area contributed by atoms with Crippen molar-refractivity contribution in [2.24, 2.45) is 0 Å². The number of ether oxygens (including phenoxy) is 2. The molecule has 0 aromatic heterocycles. The highest BCUT2D eigenvalue weighted by Gasteiger charge is 2.17. The Bertz CT molecular complexity index is 273. The zero-order chi connectivity index (χ0) is 21.5. The van der Waals surface area contributed by atoms with Gasteiger partial charge in [-0.3, -0.25) is 0 Å². The van der Waals surface area contributed by atoms with Gasteiger partial charge >= 0.3 is 0 Å². The highest BCUT2D eigenvalue weighted by atomic mass is 16.7. The lowest BCUT2D eigenvalue weighted by Crippen LogP contribution is -2.29. The van der Waals surface area contributed by atoms with Crippen LogP contribution in [-0.2, 0) is 9.47 Å². The molecule has 0 N–H and O–H groups in total. The van der Waals surface area contributed by atoms with Crippen LogP contribution in [0.1, 0.15) is 156 Å². The summed E-state index contributed by atoms with van der Waals surface area (Å²) in [6.45, 7) is 10.4. The quantitative estimate of drug-likeness (QED) is 0.116. The number of unbranched alkanes of at least 4 members (excludes halogenated alkanes) is 18. The van der Waals surface area contributed by atoms with E-state index < -0.39 is 5.79 Å². The van der Waals surface area contributed by atoms with Gasteiger partial charge in [0.25, 0.3) is 0 Å². The molecule has 0 bridgehead atoms. The van der Waals surface area contributed by atoms with Crippen LogP contribution >= 0.6 is 0 Å². The van der Waals surface area contributed by atoms with Gasteiger partial charge in [0.1, 0.15) is 0 Å². The highest BCUT2D eigenvalue weighted by Crippen LogP contribution is 2.16. The molecule has 0 aliphatic rings. The summed E-state index contributed by atoms with van der Waals surface area (Å²) in [7, 11) is 0. The van der Waals surface area contributed by atoms with Crippen LogP contribution in [0.15, 0.2) is 0 Å². The zero-order valence-corrected chi connectivity index (χ0v) is 20.9. The molecule has 0 heterocycles. The third-order valence-electron chi connectivity index (χ3n) is 5.90. The third-order valence-corrected chi connectivity index (χ3v) is 5.90. The first-order valence-corrected chi connectivity index (χ1v) is 13.4. The summed E-state index contributed by atoms with van der Waals surface area (Å²) in [6.07, 6.45) is 27.3. The van der Waals surface area contributed by atoms with E-state index in [-0.39, 0.29) is 0 Å². The smallest absolute Gasteiger partial charge is 0.162 e. The second kappa shape index (κ2) is 22.6. The number of hydrogen-bond acceptors (Lipinski definition) is 2. The van der Waals surface area contributed by atoms with Gasteiger partial charge in [-0.2, -0.15) is 0 Å². The van der Waals surface area contributed by atoms with Gasteiger partial charge in [-0.1, -0.05) is 129 Å². The van der Waals surface area contributed by atoms with Crippen LogP contribution in [0.2, 0.25) is 0 Å². The Hall–Kier alpha value is -0.0800. The summed E-state index contributed by atoms with van der Waals surface area (Å²) in [5.74, 6) is -0.418. The molecule has 0 aliphatic heterocycles. The van der Waals surface area contributed by atoms with Gasteiger partial charge in [-0.15, -0.1) is 0 Å². The molecule has 0 atom stereocenters. The van der Waals surface area contributed by atoms with Gasteiger partial charge in [-0.25, -0.2) is 0 Å². The maximum atomic E-state index is 5.97. The fourth-order valence-electron chi connectivity index (χ4n) is 3.86. The van der Waals surface area contributed by atoms with Crippen LogP contribution in [0.4, 0.5) is 0 Å². The second-order valence-electron chi connectivity index (χ2n) is 9.46. The van der Waals surface area contributed by atoms with Crippen LogP contribution < -0.4 is 0 Å². The van der Waals surface area contributed by atoms with E-state index in [1.54, 1.807) is 0 Å². The number of hydrogen-bond donors (Lipinski definition) is 0. The second-order valence-corrected chi connectivity index (χ2v) is 9.46. The molecule has 0 rings (SSSR count). The SMILES string of the molecule is CCCCCCCCCCCCOC(C)(C)OCCCCCCCCCCCC. The molecule has 176 valence electrons. The zero-order valence-electron chi connectivity index (χ0n) is 20.9. The van der Waals surface area contributed by atoms with Gasteiger partial charge in [-0.05, 0) is 26.7 Å². The average molecular weight is 413 g/mol. The predicted molar refractivity (Wildman–Crippen MR) is 130 cm³/mol. The molecule has 0 fully saturated rings. The predicted octanol–water partition coefficient (Wildman–Crippen LogP) is 9.60. The van der Waals surface area contributed by atoms with E-state index in [1.165, 1.54) is 128 Å². The van der Waals surface area contributed by atoms with Crippen LogP contribution in [0, 0.1) is 0 Å². The van der Waals surface area contributed by atoms with Gasteiger partial charge in [0.15, 0.2) is 5.79 Å². The minimum atomic E-state index is -0.418. The van der Waals surface area contributed by atoms with Crippen molar-refractivity contribution >= 4 is 0 Å². The number of rotatable bonds is 24. The minimum Gasteiger partial charge on any atom is -0.351 e. The van der Waals surface area contributed by atoms with Gasteiger partial charge in [0.05, 0.1) is 0 Å². The normalized spacial score (nSPS) is 12.0. The molecule has 0 radical (unpaired) electrons. The molecule has 2 nitrogen and oxygen atoms in total. The molecule has 0 spiro atoms. The van der Waals surface area contributed by atoms with Crippen LogP contribution in [-0.4, -0.2) is 19.0 Å². The molecular weight excluding hydrogens is 356 g/mol. The third kappa shape index (κ3) is 24.1. The topological polar surface area (TPSA) is 18.5 Å². The van der Waals surface area contributed by atoms with Gasteiger partial charge in [0, 0.05) is 13.2 Å². The van der Waals surface area contributed by atoms with Crippen molar-refractivity contribution in [1.29, 1.82) is 0 Å². The first kappa shape index (κ1) is 28.9. The van der Waals surface area contributed by atoms with Crippen molar-refractivity contribution in [3.8, 4) is 0 Å². The van der Waals surface area contributed by atoms with Crippen molar-refractivity contribution in [1.82, 2.24) is 0 Å². The summed E-state index contributed by atoms with van der Waals surface area (Å²) in [4.78, 5) is 0. The minimum absolute atomic E-state index is 0.418. The highest BCUT2D eigenvalue weighted by molar-refractivity contribution is 4.55. The fourth-order valence-corrected chi connectivity index (χ4v) is 3.86. The van der Waals surface area contributed by atoms with E-state index in [0.717, 1.165) is 13.2 Å². The first-order chi connectivity index (χ1) is 14.1. The molecule has 0 aromatic rings. The summed E-state index contributed by atoms with van der Waals surface area (Å²) in [5, 5.41) is 0. The monoisotopic (exact) mass is 412 g/mol. The van der Waals surface area contributed by atoms with Crippen molar-refractivity contribution in [3.05, 3.63) is 0 Å². The summed E-state index contributed by atoms with van der Waals surface area (Å²) in [5.41, 5.74) is 0. The molecule has 0 aliphatic carbocycles. The molecule has 29 heavy (non-hydrogen) atoms. The Labute approximate surface area is 184 Å². The largest absolute Gasteiger partial charge is 0.351 e. The van der Waals surface area contributed by atoms with E-state index in [9.17, 15) is 0 Å². The molecule has 0 aromatic carbocycles. The summed E-state index contributed by atoms with van der Waals surface area (Å²) < 4.78 is 11.9. The van der Waals surface area contributed by atoms with E-state index in [4.69, 9.17) is 9.47 Å². The lowest BCUT2D eigenvalue weighted by molar-refractivity contribution is -0.214. The van der Waals surface area contributed by atoms with Crippen LogP contribution in [0.3, 0.4) is 0 Å². The van der Waals surface area contributed by atoms with Crippen molar-refractivity contribution in [2.75, 3.05) is 13.2 Å². The maximum Gasteiger partial charge on any atom is 0.162 e. The van der Waals surface area contributed by atoms with Crippen molar-refractivity contribution in [3.63, 3.8) is 0 Å². The van der Waals surface area contributed by atoms with E-state index in [1.807, 2.05) is 0 Å². The Balaban J connectivity index is 3.30. The Morgan fingerprint density at radius 3 is 0.897 bits per heavy atom. The van der Waals surface area contributed by atoms with Gasteiger partial charge < -0.3 is 9.47 Å². The van der Waals surface area contributed by atoms with E-state index >= 15 is 0 Å². The van der Waals surface area contributed by atoms with E-state index in [2.05, 4.69) is 27.7 Å². The molecule has 0 saturated heterocycles. The molecule has 0 saturated carbocycles. The van der Waals surface area contributed by atoms with Crippen LogP contribution in [0.5, 0.6) is 0 Å². The Morgan fingerprint density at radius 1 is 0.379 bits per heavy atom. The molecule has 0 amide bonds. The maximum absolute atomic E-state index is 5.97. The molecule has 2 heteroatoms. The van der Waals surface area contributed by atoms with E-state index in [0.29, 0.717) is 0 Å². The summed E-state index contributed by atoms with van der Waals surface area (Å²) in [6, 6.07) is 0. The fraction of sp³-hybridized carbons (Fsp3) is 1.00. The molecular formula is C27H56O2. The lowest BCUT2D eigenvalue weighted by atomic mass is 10.1. The first-order valence-electron chi connectivity index (χ1n) is 13.4. The van der Waals surface area contributed by atoms with Gasteiger partial charge in [0.2, 0.25) is 0 Å². The van der Waals surface area contributed by atoms with Crippen molar-refractivity contribution < 1.29 is 9.47 Å². The van der Waals surface area contributed by atoms with Crippen LogP contribution in [0.25, 0.3) is 0 Å². The summed E-state index contributed by atoms with van der Waals surface area (Å²) >= 11 is 0. The molecule has 0 unspecified atom stereocenters. The van der Waals surface area contributed by atoms with Crippen molar-refractivity contribution in [2.45, 2.75) is 162 Å².